The predicted octanol–water partition coefficient (Wildman–Crippen LogP) is 2.92. The van der Waals surface area contributed by atoms with Crippen LogP contribution in [0, 0.1) is 0 Å². The second-order valence-electron chi connectivity index (χ2n) is 6.36. The molecule has 7 nitrogen and oxygen atoms in total. The van der Waals surface area contributed by atoms with Gasteiger partial charge in [0.2, 0.25) is 4.90 Å². The fraction of sp³-hybridized carbons (Fsp3) is 0.100. The minimum Gasteiger partial charge on any atom is -0.593 e. The third-order valence-corrected chi connectivity index (χ3v) is 5.62. The Hall–Kier alpha value is -3.07. The third kappa shape index (κ3) is 3.53. The van der Waals surface area contributed by atoms with Crippen molar-refractivity contribution in [2.45, 2.75) is 4.90 Å². The maximum absolute atomic E-state index is 12.5. The van der Waals surface area contributed by atoms with E-state index in [9.17, 15) is 4.55 Å². The SMILES string of the molecule is CN(C)[S+]([O-])c1cc(-c2ccc3ncc(-c4ccncc4)nc3c2)cnc1N. The van der Waals surface area contributed by atoms with Gasteiger partial charge in [-0.15, -0.1) is 4.31 Å². The lowest BCUT2D eigenvalue weighted by Gasteiger charge is -2.17. The van der Waals surface area contributed by atoms with Crippen molar-refractivity contribution in [1.82, 2.24) is 24.2 Å². The molecule has 28 heavy (non-hydrogen) atoms. The van der Waals surface area contributed by atoms with Crippen LogP contribution in [0.4, 0.5) is 5.82 Å². The lowest BCUT2D eigenvalue weighted by molar-refractivity contribution is 0.520. The molecule has 0 saturated carbocycles. The van der Waals surface area contributed by atoms with Gasteiger partial charge in [0.15, 0.2) is 5.82 Å². The molecule has 3 aromatic heterocycles. The second-order valence-corrected chi connectivity index (χ2v) is 8.03. The summed E-state index contributed by atoms with van der Waals surface area (Å²) in [4.78, 5) is 18.0. The summed E-state index contributed by atoms with van der Waals surface area (Å²) < 4.78 is 14.0. The number of anilines is 1. The molecule has 0 radical (unpaired) electrons. The number of aromatic nitrogens is 4. The molecule has 0 bridgehead atoms. The first-order valence-corrected chi connectivity index (χ1v) is 9.66. The van der Waals surface area contributed by atoms with Gasteiger partial charge in [-0.05, 0) is 29.8 Å². The number of nitrogen functional groups attached to an aromatic ring is 1. The maximum atomic E-state index is 12.5. The Labute approximate surface area is 165 Å². The van der Waals surface area contributed by atoms with Crippen molar-refractivity contribution >= 4 is 28.2 Å². The Balaban J connectivity index is 1.78. The van der Waals surface area contributed by atoms with Crippen LogP contribution in [0.2, 0.25) is 0 Å². The molecule has 0 aliphatic carbocycles. The van der Waals surface area contributed by atoms with Crippen LogP contribution in [0.25, 0.3) is 33.4 Å². The average molecular weight is 390 g/mol. The zero-order valence-electron chi connectivity index (χ0n) is 15.4. The highest BCUT2D eigenvalue weighted by molar-refractivity contribution is 7.89. The number of nitrogens with zero attached hydrogens (tertiary/aromatic N) is 5. The molecule has 0 fully saturated rings. The van der Waals surface area contributed by atoms with E-state index in [4.69, 9.17) is 10.7 Å². The molecule has 8 heteroatoms. The Kier molecular flexibility index (Phi) is 4.91. The van der Waals surface area contributed by atoms with Crippen molar-refractivity contribution in [3.63, 3.8) is 0 Å². The topological polar surface area (TPSA) is 104 Å². The number of nitrogens with two attached hydrogens (primary N) is 1. The van der Waals surface area contributed by atoms with E-state index in [0.29, 0.717) is 4.90 Å². The molecule has 0 aliphatic rings. The Morgan fingerprint density at radius 1 is 0.893 bits per heavy atom. The summed E-state index contributed by atoms with van der Waals surface area (Å²) in [6.45, 7) is 0. The molecule has 3 heterocycles. The summed E-state index contributed by atoms with van der Waals surface area (Å²) in [6.07, 6.45) is 6.88. The Morgan fingerprint density at radius 2 is 1.68 bits per heavy atom. The lowest BCUT2D eigenvalue weighted by atomic mass is 10.1. The van der Waals surface area contributed by atoms with Gasteiger partial charge in [-0.2, -0.15) is 0 Å². The molecule has 0 amide bonds. The van der Waals surface area contributed by atoms with E-state index in [2.05, 4.69) is 15.0 Å². The number of hydrogen-bond acceptors (Lipinski definition) is 7. The largest absolute Gasteiger partial charge is 0.593 e. The zero-order valence-corrected chi connectivity index (χ0v) is 16.2. The van der Waals surface area contributed by atoms with Crippen LogP contribution in [0.3, 0.4) is 0 Å². The highest BCUT2D eigenvalue weighted by Crippen LogP contribution is 2.28. The van der Waals surface area contributed by atoms with Crippen molar-refractivity contribution < 1.29 is 4.55 Å². The first kappa shape index (κ1) is 18.3. The van der Waals surface area contributed by atoms with Gasteiger partial charge in [-0.3, -0.25) is 9.97 Å². The molecule has 0 saturated heterocycles. The molecular weight excluding hydrogens is 372 g/mol. The van der Waals surface area contributed by atoms with Gasteiger partial charge in [-0.1, -0.05) is 6.07 Å². The maximum Gasteiger partial charge on any atom is 0.216 e. The first-order chi connectivity index (χ1) is 13.5. The fourth-order valence-corrected chi connectivity index (χ4v) is 3.66. The molecule has 0 spiro atoms. The predicted molar refractivity (Wildman–Crippen MR) is 111 cm³/mol. The van der Waals surface area contributed by atoms with E-state index in [1.54, 1.807) is 49.3 Å². The zero-order chi connectivity index (χ0) is 19.7. The van der Waals surface area contributed by atoms with Gasteiger partial charge in [-0.25, -0.2) is 9.97 Å². The number of pyridine rings is 2. The van der Waals surface area contributed by atoms with Crippen LogP contribution in [0.15, 0.2) is 66.1 Å². The monoisotopic (exact) mass is 390 g/mol. The van der Waals surface area contributed by atoms with Crippen LogP contribution >= 0.6 is 0 Å². The van der Waals surface area contributed by atoms with Crippen LogP contribution in [0.1, 0.15) is 0 Å². The molecule has 4 rings (SSSR count). The minimum absolute atomic E-state index is 0.260. The van der Waals surface area contributed by atoms with Gasteiger partial charge in [0.1, 0.15) is 0 Å². The minimum atomic E-state index is -1.37. The molecular formula is C20H18N6OS. The number of benzene rings is 1. The Bertz CT molecular complexity index is 1140. The van der Waals surface area contributed by atoms with Crippen molar-refractivity contribution in [3.8, 4) is 22.4 Å². The molecule has 4 aromatic rings. The highest BCUT2D eigenvalue weighted by atomic mass is 32.2. The van der Waals surface area contributed by atoms with Gasteiger partial charge in [0.05, 0.1) is 34.3 Å². The molecule has 0 aliphatic heterocycles. The van der Waals surface area contributed by atoms with Crippen LogP contribution < -0.4 is 5.73 Å². The van der Waals surface area contributed by atoms with Crippen LogP contribution in [0.5, 0.6) is 0 Å². The van der Waals surface area contributed by atoms with Crippen LogP contribution in [-0.4, -0.2) is 42.9 Å². The number of hydrogen-bond donors (Lipinski definition) is 1. The smallest absolute Gasteiger partial charge is 0.216 e. The van der Waals surface area contributed by atoms with E-state index >= 15 is 0 Å². The molecule has 140 valence electrons. The van der Waals surface area contributed by atoms with Crippen molar-refractivity contribution in [2.75, 3.05) is 19.8 Å². The number of fused-ring (bicyclic) bond motifs is 1. The average Bonchev–Trinajstić information content (AvgIpc) is 2.73. The standard InChI is InChI=1S/C20H18N6OS/c1-26(2)28(27)19-10-15(11-24-20(19)21)14-3-4-16-17(9-14)25-18(12-23-16)13-5-7-22-8-6-13/h3-12H,1-2H3,(H2,21,24). The second kappa shape index (κ2) is 7.51. The van der Waals surface area contributed by atoms with E-state index in [-0.39, 0.29) is 5.82 Å². The van der Waals surface area contributed by atoms with E-state index in [1.165, 1.54) is 0 Å². The fourth-order valence-electron chi connectivity index (χ4n) is 2.80. The normalized spacial score (nSPS) is 12.4. The Morgan fingerprint density at radius 3 is 2.43 bits per heavy atom. The lowest BCUT2D eigenvalue weighted by Crippen LogP contribution is -2.23. The molecule has 1 unspecified atom stereocenters. The van der Waals surface area contributed by atoms with Crippen molar-refractivity contribution in [2.24, 2.45) is 0 Å². The van der Waals surface area contributed by atoms with Gasteiger partial charge in [0.25, 0.3) is 0 Å². The summed E-state index contributed by atoms with van der Waals surface area (Å²) in [5.41, 5.74) is 10.9. The van der Waals surface area contributed by atoms with Gasteiger partial charge < -0.3 is 10.3 Å². The highest BCUT2D eigenvalue weighted by Gasteiger charge is 2.20. The molecule has 2 N–H and O–H groups in total. The van der Waals surface area contributed by atoms with E-state index < -0.39 is 11.4 Å². The van der Waals surface area contributed by atoms with Crippen molar-refractivity contribution in [3.05, 3.63) is 61.2 Å². The molecule has 1 aromatic carbocycles. The third-order valence-electron chi connectivity index (χ3n) is 4.25. The summed E-state index contributed by atoms with van der Waals surface area (Å²) in [5, 5.41) is 0. The van der Waals surface area contributed by atoms with Gasteiger partial charge in [0, 0.05) is 49.9 Å². The summed E-state index contributed by atoms with van der Waals surface area (Å²) in [5.74, 6) is 0.260. The first-order valence-electron chi connectivity index (χ1n) is 8.55. The number of rotatable bonds is 4. The van der Waals surface area contributed by atoms with Crippen molar-refractivity contribution in [1.29, 1.82) is 0 Å². The summed E-state index contributed by atoms with van der Waals surface area (Å²) >= 11 is -1.37. The summed E-state index contributed by atoms with van der Waals surface area (Å²) in [7, 11) is 3.46. The quantitative estimate of drug-likeness (QED) is 0.534. The van der Waals surface area contributed by atoms with Gasteiger partial charge >= 0.3 is 0 Å². The molecule has 1 atom stereocenters. The van der Waals surface area contributed by atoms with Crippen LogP contribution in [-0.2, 0) is 11.4 Å². The van der Waals surface area contributed by atoms with E-state index in [0.717, 1.165) is 33.4 Å². The van der Waals surface area contributed by atoms with E-state index in [1.807, 2.05) is 30.3 Å². The summed E-state index contributed by atoms with van der Waals surface area (Å²) in [6, 6.07) is 11.4.